The first-order valence-electron chi connectivity index (χ1n) is 3.63. The van der Waals surface area contributed by atoms with E-state index in [1.807, 2.05) is 0 Å². The number of halogens is 4. The minimum Gasteiger partial charge on any atom is -0.260 e. The molecule has 1 aromatic rings. The van der Waals surface area contributed by atoms with Gasteiger partial charge in [0.05, 0.1) is 11.3 Å². The summed E-state index contributed by atoms with van der Waals surface area (Å²) in [6.45, 7) is 0. The lowest BCUT2D eigenvalue weighted by atomic mass is 10.2. The smallest absolute Gasteiger partial charge is 0.260 e. The summed E-state index contributed by atoms with van der Waals surface area (Å²) in [5.74, 6) is -0.940. The molecule has 15 heavy (non-hydrogen) atoms. The normalized spacial score (nSPS) is 12.8. The summed E-state index contributed by atoms with van der Waals surface area (Å²) in [5, 5.41) is 0. The van der Waals surface area contributed by atoms with Crippen molar-refractivity contribution in [3.8, 4) is 0 Å². The first-order chi connectivity index (χ1) is 6.70. The zero-order valence-corrected chi connectivity index (χ0v) is 8.70. The molecule has 0 fully saturated rings. The predicted octanol–water partition coefficient (Wildman–Crippen LogP) is 2.17. The third-order valence-electron chi connectivity index (χ3n) is 1.50. The monoisotopic (exact) mass is 259 g/mol. The Kier molecular flexibility index (Phi) is 3.25. The summed E-state index contributed by atoms with van der Waals surface area (Å²) in [6, 6.07) is 1.83. The molecule has 0 bridgehead atoms. The molecule has 0 aliphatic carbocycles. The van der Waals surface area contributed by atoms with E-state index in [1.165, 1.54) is 0 Å². The molecule has 3 nitrogen and oxygen atoms in total. The maximum atomic E-state index is 12.3. The van der Waals surface area contributed by atoms with Crippen LogP contribution in [0.4, 0.5) is 13.2 Å². The molecular formula is C7H5ClF3NO2S. The van der Waals surface area contributed by atoms with Gasteiger partial charge in [-0.15, -0.1) is 0 Å². The highest BCUT2D eigenvalue weighted by Crippen LogP contribution is 2.31. The number of rotatable bonds is 2. The van der Waals surface area contributed by atoms with Crippen molar-refractivity contribution in [1.29, 1.82) is 0 Å². The lowest BCUT2D eigenvalue weighted by Crippen LogP contribution is -2.12. The van der Waals surface area contributed by atoms with Crippen LogP contribution in [-0.2, 0) is 21.0 Å². The fourth-order valence-corrected chi connectivity index (χ4v) is 1.84. The Morgan fingerprint density at radius 3 is 2.47 bits per heavy atom. The molecule has 1 heterocycles. The highest BCUT2D eigenvalue weighted by molar-refractivity contribution is 8.13. The lowest BCUT2D eigenvalue weighted by Gasteiger charge is -2.09. The standard InChI is InChI=1S/C7H5ClF3NO2S/c8-15(13,14)4-6-5(7(9,10)11)2-1-3-12-6/h1-3H,4H2. The number of alkyl halides is 3. The van der Waals surface area contributed by atoms with Gasteiger partial charge in [-0.05, 0) is 12.1 Å². The summed E-state index contributed by atoms with van der Waals surface area (Å²) in [7, 11) is 0.804. The van der Waals surface area contributed by atoms with Crippen molar-refractivity contribution in [3.05, 3.63) is 29.6 Å². The Hall–Kier alpha value is -0.820. The maximum Gasteiger partial charge on any atom is 0.418 e. The Labute approximate surface area is 88.3 Å². The van der Waals surface area contributed by atoms with Crippen molar-refractivity contribution in [1.82, 2.24) is 4.98 Å². The van der Waals surface area contributed by atoms with Crippen LogP contribution in [0.2, 0.25) is 0 Å². The Morgan fingerprint density at radius 2 is 2.00 bits per heavy atom. The molecule has 0 atom stereocenters. The number of nitrogens with zero attached hydrogens (tertiary/aromatic N) is 1. The summed E-state index contributed by atoms with van der Waals surface area (Å²) in [6.07, 6.45) is -3.56. The number of pyridine rings is 1. The zero-order chi connectivity index (χ0) is 11.7. The molecule has 0 N–H and O–H groups in total. The van der Waals surface area contributed by atoms with Gasteiger partial charge < -0.3 is 0 Å². The maximum absolute atomic E-state index is 12.3. The minimum atomic E-state index is -4.63. The van der Waals surface area contributed by atoms with Crippen LogP contribution in [-0.4, -0.2) is 13.4 Å². The van der Waals surface area contributed by atoms with Gasteiger partial charge in [0.15, 0.2) is 0 Å². The van der Waals surface area contributed by atoms with Crippen molar-refractivity contribution in [2.24, 2.45) is 0 Å². The zero-order valence-electron chi connectivity index (χ0n) is 7.12. The Morgan fingerprint density at radius 1 is 1.40 bits per heavy atom. The molecule has 0 amide bonds. The van der Waals surface area contributed by atoms with Crippen LogP contribution in [0.3, 0.4) is 0 Å². The van der Waals surface area contributed by atoms with E-state index in [4.69, 9.17) is 10.7 Å². The highest BCUT2D eigenvalue weighted by Gasteiger charge is 2.34. The number of hydrogen-bond acceptors (Lipinski definition) is 3. The van der Waals surface area contributed by atoms with Gasteiger partial charge in [0.2, 0.25) is 9.05 Å². The van der Waals surface area contributed by atoms with Gasteiger partial charge in [-0.1, -0.05) is 0 Å². The minimum absolute atomic E-state index is 0.597. The van der Waals surface area contributed by atoms with Crippen molar-refractivity contribution >= 4 is 19.7 Å². The topological polar surface area (TPSA) is 47.0 Å². The van der Waals surface area contributed by atoms with Crippen LogP contribution in [0, 0.1) is 0 Å². The Balaban J connectivity index is 3.19. The summed E-state index contributed by atoms with van der Waals surface area (Å²) < 4.78 is 58.3. The van der Waals surface area contributed by atoms with Crippen molar-refractivity contribution in [3.63, 3.8) is 0 Å². The first kappa shape index (κ1) is 12.3. The molecule has 0 saturated heterocycles. The molecular weight excluding hydrogens is 255 g/mol. The quantitative estimate of drug-likeness (QED) is 0.765. The van der Waals surface area contributed by atoms with E-state index < -0.39 is 32.2 Å². The molecule has 84 valence electrons. The molecule has 1 rings (SSSR count). The number of aromatic nitrogens is 1. The van der Waals surface area contributed by atoms with Gasteiger partial charge in [-0.3, -0.25) is 4.98 Å². The van der Waals surface area contributed by atoms with Gasteiger partial charge in [0.1, 0.15) is 5.75 Å². The van der Waals surface area contributed by atoms with Crippen LogP contribution in [0.1, 0.15) is 11.3 Å². The molecule has 0 aromatic carbocycles. The average Bonchev–Trinajstić information content (AvgIpc) is 1.99. The summed E-state index contributed by atoms with van der Waals surface area (Å²) in [5.41, 5.74) is -1.69. The predicted molar refractivity (Wildman–Crippen MR) is 47.7 cm³/mol. The van der Waals surface area contributed by atoms with Gasteiger partial charge in [0, 0.05) is 16.9 Å². The van der Waals surface area contributed by atoms with Gasteiger partial charge in [0.25, 0.3) is 0 Å². The molecule has 8 heteroatoms. The third-order valence-corrected chi connectivity index (χ3v) is 2.45. The lowest BCUT2D eigenvalue weighted by molar-refractivity contribution is -0.138. The van der Waals surface area contributed by atoms with Crippen LogP contribution in [0.25, 0.3) is 0 Å². The SMILES string of the molecule is O=S(=O)(Cl)Cc1ncccc1C(F)(F)F. The second-order valence-corrected chi connectivity index (χ2v) is 5.46. The molecule has 0 unspecified atom stereocenters. The third kappa shape index (κ3) is 3.67. The van der Waals surface area contributed by atoms with Crippen molar-refractivity contribution in [2.45, 2.75) is 11.9 Å². The second-order valence-electron chi connectivity index (χ2n) is 2.68. The van der Waals surface area contributed by atoms with E-state index in [9.17, 15) is 21.6 Å². The van der Waals surface area contributed by atoms with Crippen LogP contribution in [0.5, 0.6) is 0 Å². The molecule has 0 aliphatic heterocycles. The van der Waals surface area contributed by atoms with E-state index in [0.717, 1.165) is 18.3 Å². The van der Waals surface area contributed by atoms with E-state index in [1.54, 1.807) is 0 Å². The second kappa shape index (κ2) is 3.97. The Bertz CT molecular complexity index is 458. The summed E-state index contributed by atoms with van der Waals surface area (Å²) >= 11 is 0. The van der Waals surface area contributed by atoms with E-state index in [-0.39, 0.29) is 0 Å². The van der Waals surface area contributed by atoms with Crippen LogP contribution in [0.15, 0.2) is 18.3 Å². The van der Waals surface area contributed by atoms with Crippen molar-refractivity contribution in [2.75, 3.05) is 0 Å². The largest absolute Gasteiger partial charge is 0.418 e. The first-order valence-corrected chi connectivity index (χ1v) is 6.11. The van der Waals surface area contributed by atoms with Gasteiger partial charge >= 0.3 is 6.18 Å². The highest BCUT2D eigenvalue weighted by atomic mass is 35.7. The van der Waals surface area contributed by atoms with Gasteiger partial charge in [-0.25, -0.2) is 8.42 Å². The molecule has 0 spiro atoms. The molecule has 0 aliphatic rings. The van der Waals surface area contributed by atoms with E-state index >= 15 is 0 Å². The fraction of sp³-hybridized carbons (Fsp3) is 0.286. The average molecular weight is 260 g/mol. The van der Waals surface area contributed by atoms with Crippen molar-refractivity contribution < 1.29 is 21.6 Å². The van der Waals surface area contributed by atoms with Gasteiger partial charge in [-0.2, -0.15) is 13.2 Å². The van der Waals surface area contributed by atoms with Crippen LogP contribution < -0.4 is 0 Å². The fourth-order valence-electron chi connectivity index (χ4n) is 0.974. The van der Waals surface area contributed by atoms with E-state index in [2.05, 4.69) is 4.98 Å². The molecule has 0 saturated carbocycles. The van der Waals surface area contributed by atoms with Crippen LogP contribution >= 0.6 is 10.7 Å². The number of hydrogen-bond donors (Lipinski definition) is 0. The van der Waals surface area contributed by atoms with E-state index in [0.29, 0.717) is 0 Å². The molecule has 0 radical (unpaired) electrons. The molecule has 1 aromatic heterocycles. The summed E-state index contributed by atoms with van der Waals surface area (Å²) in [4.78, 5) is 3.35.